The molecule has 3 nitrogen and oxygen atoms in total. The highest BCUT2D eigenvalue weighted by atomic mass is 35.5. The Morgan fingerprint density at radius 1 is 1.11 bits per heavy atom. The van der Waals surface area contributed by atoms with E-state index < -0.39 is 0 Å². The molecule has 1 N–H and O–H groups in total. The van der Waals surface area contributed by atoms with E-state index in [2.05, 4.69) is 22.2 Å². The Balaban J connectivity index is 1.92. The normalized spacial score (nSPS) is 24.0. The number of nitrogens with zero attached hydrogens (tertiary/aromatic N) is 2. The molecule has 1 aliphatic rings. The Bertz CT molecular complexity index is 412. The highest BCUT2D eigenvalue weighted by Crippen LogP contribution is 2.29. The lowest BCUT2D eigenvalue weighted by Crippen LogP contribution is -2.21. The summed E-state index contributed by atoms with van der Waals surface area (Å²) in [6, 6.07) is 0. The van der Waals surface area contributed by atoms with E-state index in [1.807, 2.05) is 13.8 Å². The lowest BCUT2D eigenvalue weighted by molar-refractivity contribution is 0.300. The molecule has 4 heteroatoms. The highest BCUT2D eigenvalue weighted by Gasteiger charge is 2.18. The smallest absolute Gasteiger partial charge is 0.171 e. The molecule has 1 saturated carbocycles. The third kappa shape index (κ3) is 3.35. The van der Waals surface area contributed by atoms with Crippen molar-refractivity contribution in [2.24, 2.45) is 11.8 Å². The van der Waals surface area contributed by atoms with Crippen LogP contribution in [0.5, 0.6) is 0 Å². The summed E-state index contributed by atoms with van der Waals surface area (Å²) in [5.41, 5.74) is 1.84. The molecule has 0 saturated heterocycles. The molecule has 0 aromatic carbocycles. The fraction of sp³-hybridized carbons (Fsp3) is 0.714. The van der Waals surface area contributed by atoms with Gasteiger partial charge in [-0.15, -0.1) is 0 Å². The lowest BCUT2D eigenvalue weighted by atomic mass is 9.83. The van der Waals surface area contributed by atoms with Crippen molar-refractivity contribution in [2.45, 2.75) is 46.5 Å². The van der Waals surface area contributed by atoms with Crippen molar-refractivity contribution < 1.29 is 0 Å². The standard InChI is InChI=1S/C14H22ClN3/c1-9-4-6-12(7-5-9)8-16-14-13(15)17-10(2)11(3)18-14/h9,12H,4-8H2,1-3H3,(H,16,18). The molecule has 18 heavy (non-hydrogen) atoms. The van der Waals surface area contributed by atoms with Crippen molar-refractivity contribution in [3.63, 3.8) is 0 Å². The van der Waals surface area contributed by atoms with Gasteiger partial charge in [0.1, 0.15) is 0 Å². The molecule has 0 bridgehead atoms. The van der Waals surface area contributed by atoms with Crippen LogP contribution in [0.1, 0.15) is 44.0 Å². The van der Waals surface area contributed by atoms with Crippen LogP contribution in [-0.4, -0.2) is 16.5 Å². The quantitative estimate of drug-likeness (QED) is 0.900. The minimum absolute atomic E-state index is 0.488. The van der Waals surface area contributed by atoms with Crippen molar-refractivity contribution in [3.8, 4) is 0 Å². The zero-order chi connectivity index (χ0) is 13.1. The minimum Gasteiger partial charge on any atom is -0.367 e. The van der Waals surface area contributed by atoms with E-state index in [1.165, 1.54) is 25.7 Å². The van der Waals surface area contributed by atoms with E-state index in [1.54, 1.807) is 0 Å². The van der Waals surface area contributed by atoms with E-state index in [9.17, 15) is 0 Å². The van der Waals surface area contributed by atoms with Gasteiger partial charge >= 0.3 is 0 Å². The number of rotatable bonds is 3. The lowest BCUT2D eigenvalue weighted by Gasteiger charge is -2.26. The first-order valence-corrected chi connectivity index (χ1v) is 7.18. The predicted molar refractivity (Wildman–Crippen MR) is 76.1 cm³/mol. The Kier molecular flexibility index (Phi) is 4.44. The number of nitrogens with one attached hydrogen (secondary N) is 1. The monoisotopic (exact) mass is 267 g/mol. The summed E-state index contributed by atoms with van der Waals surface area (Å²) in [6.07, 6.45) is 5.31. The van der Waals surface area contributed by atoms with Gasteiger partial charge in [-0.1, -0.05) is 31.4 Å². The van der Waals surface area contributed by atoms with Crippen LogP contribution >= 0.6 is 11.6 Å². The van der Waals surface area contributed by atoms with Gasteiger partial charge in [0.2, 0.25) is 0 Å². The second kappa shape index (κ2) is 5.87. The molecule has 1 aliphatic carbocycles. The number of aromatic nitrogens is 2. The minimum atomic E-state index is 0.488. The largest absolute Gasteiger partial charge is 0.367 e. The summed E-state index contributed by atoms with van der Waals surface area (Å²) in [7, 11) is 0. The van der Waals surface area contributed by atoms with Gasteiger partial charge in [-0.3, -0.25) is 0 Å². The van der Waals surface area contributed by atoms with E-state index >= 15 is 0 Å². The Hall–Kier alpha value is -0.830. The Morgan fingerprint density at radius 3 is 2.39 bits per heavy atom. The average Bonchev–Trinajstić information content (AvgIpc) is 2.34. The van der Waals surface area contributed by atoms with Crippen molar-refractivity contribution >= 4 is 17.4 Å². The maximum atomic E-state index is 6.11. The number of aryl methyl sites for hydroxylation is 2. The molecule has 1 aromatic heterocycles. The number of anilines is 1. The third-order valence-electron chi connectivity index (χ3n) is 3.96. The molecule has 2 rings (SSSR count). The van der Waals surface area contributed by atoms with Gasteiger partial charge in [0.15, 0.2) is 11.0 Å². The third-order valence-corrected chi connectivity index (χ3v) is 4.22. The van der Waals surface area contributed by atoms with Crippen molar-refractivity contribution in [3.05, 3.63) is 16.5 Å². The van der Waals surface area contributed by atoms with E-state index in [4.69, 9.17) is 11.6 Å². The molecular formula is C14H22ClN3. The molecule has 0 radical (unpaired) electrons. The van der Waals surface area contributed by atoms with E-state index in [-0.39, 0.29) is 0 Å². The topological polar surface area (TPSA) is 37.8 Å². The Labute approximate surface area is 114 Å². The molecular weight excluding hydrogens is 246 g/mol. The first-order chi connectivity index (χ1) is 8.56. The van der Waals surface area contributed by atoms with Crippen LogP contribution in [0.2, 0.25) is 5.15 Å². The maximum Gasteiger partial charge on any atom is 0.171 e. The highest BCUT2D eigenvalue weighted by molar-refractivity contribution is 6.31. The van der Waals surface area contributed by atoms with Crippen LogP contribution in [0, 0.1) is 25.7 Å². The van der Waals surface area contributed by atoms with Crippen molar-refractivity contribution in [1.82, 2.24) is 9.97 Å². The SMILES string of the molecule is Cc1nc(Cl)c(NCC2CCC(C)CC2)nc1C. The molecule has 1 fully saturated rings. The van der Waals surface area contributed by atoms with Crippen LogP contribution in [-0.2, 0) is 0 Å². The summed E-state index contributed by atoms with van der Waals surface area (Å²) < 4.78 is 0. The summed E-state index contributed by atoms with van der Waals surface area (Å²) in [6.45, 7) is 7.20. The van der Waals surface area contributed by atoms with Gasteiger partial charge in [0, 0.05) is 6.54 Å². The van der Waals surface area contributed by atoms with Gasteiger partial charge < -0.3 is 5.32 Å². The fourth-order valence-corrected chi connectivity index (χ4v) is 2.70. The van der Waals surface area contributed by atoms with Gasteiger partial charge in [-0.25, -0.2) is 9.97 Å². The number of hydrogen-bond acceptors (Lipinski definition) is 3. The van der Waals surface area contributed by atoms with Crippen LogP contribution in [0.3, 0.4) is 0 Å². The van der Waals surface area contributed by atoms with Gasteiger partial charge in [-0.2, -0.15) is 0 Å². The average molecular weight is 268 g/mol. The molecule has 0 atom stereocenters. The van der Waals surface area contributed by atoms with Gasteiger partial charge in [0.05, 0.1) is 11.4 Å². The molecule has 0 amide bonds. The zero-order valence-corrected chi connectivity index (χ0v) is 12.2. The van der Waals surface area contributed by atoms with Crippen molar-refractivity contribution in [2.75, 3.05) is 11.9 Å². The van der Waals surface area contributed by atoms with Crippen LogP contribution in [0.25, 0.3) is 0 Å². The van der Waals surface area contributed by atoms with Gasteiger partial charge in [0.25, 0.3) is 0 Å². The van der Waals surface area contributed by atoms with E-state index in [0.29, 0.717) is 5.15 Å². The molecule has 100 valence electrons. The fourth-order valence-electron chi connectivity index (χ4n) is 2.46. The first-order valence-electron chi connectivity index (χ1n) is 6.81. The van der Waals surface area contributed by atoms with Crippen LogP contribution < -0.4 is 5.32 Å². The molecule has 0 unspecified atom stereocenters. The second-order valence-electron chi connectivity index (χ2n) is 5.54. The van der Waals surface area contributed by atoms with Crippen LogP contribution in [0.4, 0.5) is 5.82 Å². The maximum absolute atomic E-state index is 6.11. The second-order valence-corrected chi connectivity index (χ2v) is 5.90. The molecule has 1 heterocycles. The zero-order valence-electron chi connectivity index (χ0n) is 11.5. The summed E-state index contributed by atoms with van der Waals surface area (Å²) in [4.78, 5) is 8.76. The summed E-state index contributed by atoms with van der Waals surface area (Å²) >= 11 is 6.11. The van der Waals surface area contributed by atoms with Crippen molar-refractivity contribution in [1.29, 1.82) is 0 Å². The summed E-state index contributed by atoms with van der Waals surface area (Å²) in [5.74, 6) is 2.38. The summed E-state index contributed by atoms with van der Waals surface area (Å²) in [5, 5.41) is 3.85. The van der Waals surface area contributed by atoms with Crippen LogP contribution in [0.15, 0.2) is 0 Å². The first kappa shape index (κ1) is 13.6. The molecule has 0 aliphatic heterocycles. The van der Waals surface area contributed by atoms with E-state index in [0.717, 1.165) is 35.6 Å². The molecule has 0 spiro atoms. The molecule has 1 aromatic rings. The van der Waals surface area contributed by atoms with Gasteiger partial charge in [-0.05, 0) is 38.5 Å². The number of halogens is 1. The predicted octanol–water partition coefficient (Wildman–Crippen LogP) is 3.99. The Morgan fingerprint density at radius 2 is 1.72 bits per heavy atom. The number of hydrogen-bond donors (Lipinski definition) is 1.